The summed E-state index contributed by atoms with van der Waals surface area (Å²) in [7, 11) is 0. The summed E-state index contributed by atoms with van der Waals surface area (Å²) in [6.07, 6.45) is 12.4. The van der Waals surface area contributed by atoms with E-state index in [9.17, 15) is 9.18 Å². The molecule has 32 heavy (non-hydrogen) atoms. The Labute approximate surface area is 190 Å². The molecule has 3 nitrogen and oxygen atoms in total. The van der Waals surface area contributed by atoms with E-state index in [2.05, 4.69) is 36.2 Å². The summed E-state index contributed by atoms with van der Waals surface area (Å²) in [5.74, 6) is 1.51. The number of halogens is 1. The van der Waals surface area contributed by atoms with Gasteiger partial charge < -0.3 is 4.74 Å². The number of pyridine rings is 1. The Morgan fingerprint density at radius 2 is 2.12 bits per heavy atom. The number of esters is 1. The quantitative estimate of drug-likeness (QED) is 0.522. The molecule has 3 aliphatic rings. The van der Waals surface area contributed by atoms with E-state index in [4.69, 9.17) is 4.74 Å². The van der Waals surface area contributed by atoms with Gasteiger partial charge in [-0.1, -0.05) is 31.2 Å². The predicted octanol–water partition coefficient (Wildman–Crippen LogP) is 6.27. The van der Waals surface area contributed by atoms with E-state index in [0.29, 0.717) is 30.8 Å². The molecular formula is C28H32FNO2. The standard InChI is InChI=1S/C28H32FNO2/c1-3-32-27(31)11-5-18-4-7-22-19(14-18)6-8-24-23(22)12-13-28(2)25(9-10-26(24)28)20-15-21(29)17-30-16-20/h4,7,9,14-17,23-24,26H,3,5-6,8,10-13H2,1-2H3. The smallest absolute Gasteiger partial charge is 0.306 e. The monoisotopic (exact) mass is 433 g/mol. The number of fused-ring (bicyclic) bond motifs is 5. The highest BCUT2D eigenvalue weighted by Crippen LogP contribution is 2.63. The van der Waals surface area contributed by atoms with Gasteiger partial charge >= 0.3 is 5.97 Å². The second-order valence-electron chi connectivity index (χ2n) is 9.96. The van der Waals surface area contributed by atoms with Crippen molar-refractivity contribution in [2.24, 2.45) is 17.3 Å². The van der Waals surface area contributed by atoms with Crippen molar-refractivity contribution in [1.29, 1.82) is 0 Å². The first kappa shape index (κ1) is 21.4. The molecular weight excluding hydrogens is 401 g/mol. The minimum Gasteiger partial charge on any atom is -0.466 e. The average Bonchev–Trinajstić information content (AvgIpc) is 3.15. The number of aryl methyl sites for hydroxylation is 2. The van der Waals surface area contributed by atoms with Gasteiger partial charge in [0.15, 0.2) is 0 Å². The van der Waals surface area contributed by atoms with Crippen LogP contribution in [0.5, 0.6) is 0 Å². The summed E-state index contributed by atoms with van der Waals surface area (Å²) in [5, 5.41) is 0. The fraction of sp³-hybridized carbons (Fsp3) is 0.500. The van der Waals surface area contributed by atoms with Gasteiger partial charge in [0.2, 0.25) is 0 Å². The molecule has 0 radical (unpaired) electrons. The molecule has 0 aliphatic heterocycles. The number of ether oxygens (including phenoxy) is 1. The highest BCUT2D eigenvalue weighted by molar-refractivity contribution is 5.72. The molecule has 1 heterocycles. The summed E-state index contributed by atoms with van der Waals surface area (Å²) >= 11 is 0. The van der Waals surface area contributed by atoms with Crippen LogP contribution in [-0.4, -0.2) is 17.6 Å². The molecule has 3 aliphatic carbocycles. The molecule has 1 aromatic carbocycles. The van der Waals surface area contributed by atoms with Crippen molar-refractivity contribution in [3.05, 3.63) is 70.8 Å². The zero-order valence-electron chi connectivity index (χ0n) is 19.1. The Balaban J connectivity index is 1.34. The molecule has 4 atom stereocenters. The third-order valence-corrected chi connectivity index (χ3v) is 8.31. The van der Waals surface area contributed by atoms with Crippen molar-refractivity contribution in [3.63, 3.8) is 0 Å². The highest BCUT2D eigenvalue weighted by atomic mass is 19.1. The fourth-order valence-electron chi connectivity index (χ4n) is 6.84. The first-order chi connectivity index (χ1) is 15.5. The number of hydrogen-bond donors (Lipinski definition) is 0. The summed E-state index contributed by atoms with van der Waals surface area (Å²) in [5.41, 5.74) is 6.58. The van der Waals surface area contributed by atoms with Crippen LogP contribution in [0.3, 0.4) is 0 Å². The summed E-state index contributed by atoms with van der Waals surface area (Å²) < 4.78 is 18.9. The van der Waals surface area contributed by atoms with E-state index in [1.165, 1.54) is 41.3 Å². The lowest BCUT2D eigenvalue weighted by molar-refractivity contribution is -0.143. The van der Waals surface area contributed by atoms with E-state index in [1.54, 1.807) is 6.07 Å². The van der Waals surface area contributed by atoms with Crippen LogP contribution in [0.1, 0.15) is 74.1 Å². The molecule has 0 spiro atoms. The molecule has 4 heteroatoms. The minimum atomic E-state index is -0.255. The van der Waals surface area contributed by atoms with Gasteiger partial charge in [-0.2, -0.15) is 0 Å². The predicted molar refractivity (Wildman–Crippen MR) is 124 cm³/mol. The molecule has 1 aromatic heterocycles. The van der Waals surface area contributed by atoms with Crippen LogP contribution >= 0.6 is 0 Å². The Hall–Kier alpha value is -2.49. The van der Waals surface area contributed by atoms with Gasteiger partial charge in [0.05, 0.1) is 12.8 Å². The molecule has 0 bridgehead atoms. The van der Waals surface area contributed by atoms with Crippen LogP contribution in [0, 0.1) is 23.1 Å². The molecule has 0 saturated heterocycles. The third kappa shape index (κ3) is 3.68. The number of nitrogens with zero attached hydrogens (tertiary/aromatic N) is 1. The fourth-order valence-corrected chi connectivity index (χ4v) is 6.84. The first-order valence-corrected chi connectivity index (χ1v) is 12.1. The maximum Gasteiger partial charge on any atom is 0.306 e. The Morgan fingerprint density at radius 1 is 1.25 bits per heavy atom. The minimum absolute atomic E-state index is 0.105. The lowest BCUT2D eigenvalue weighted by Gasteiger charge is -2.50. The van der Waals surface area contributed by atoms with Crippen molar-refractivity contribution < 1.29 is 13.9 Å². The molecule has 5 rings (SSSR count). The van der Waals surface area contributed by atoms with Gasteiger partial charge in [-0.3, -0.25) is 9.78 Å². The molecule has 0 amide bonds. The largest absolute Gasteiger partial charge is 0.466 e. The SMILES string of the molecule is CCOC(=O)CCc1ccc2c(c1)CCC1C2CCC2(C)C(c3cncc(F)c3)=CCC12. The van der Waals surface area contributed by atoms with Gasteiger partial charge in [-0.05, 0) is 103 Å². The van der Waals surface area contributed by atoms with E-state index < -0.39 is 0 Å². The van der Waals surface area contributed by atoms with Crippen molar-refractivity contribution in [1.82, 2.24) is 4.98 Å². The Morgan fingerprint density at radius 3 is 2.94 bits per heavy atom. The van der Waals surface area contributed by atoms with Crippen molar-refractivity contribution in [2.75, 3.05) is 6.61 Å². The van der Waals surface area contributed by atoms with Gasteiger partial charge in [0, 0.05) is 12.6 Å². The molecule has 1 fully saturated rings. The van der Waals surface area contributed by atoms with Gasteiger partial charge in [-0.25, -0.2) is 4.39 Å². The Bertz CT molecular complexity index is 1060. The summed E-state index contributed by atoms with van der Waals surface area (Å²) in [4.78, 5) is 15.8. The molecule has 168 valence electrons. The van der Waals surface area contributed by atoms with Crippen LogP contribution < -0.4 is 0 Å². The van der Waals surface area contributed by atoms with Crippen LogP contribution in [0.2, 0.25) is 0 Å². The second kappa shape index (κ2) is 8.46. The molecule has 2 aromatic rings. The maximum atomic E-state index is 13.9. The lowest BCUT2D eigenvalue weighted by atomic mass is 9.54. The number of allylic oxidation sites excluding steroid dienone is 2. The molecule has 4 unspecified atom stereocenters. The number of benzene rings is 1. The zero-order valence-corrected chi connectivity index (χ0v) is 19.1. The molecule has 0 N–H and O–H groups in total. The van der Waals surface area contributed by atoms with E-state index >= 15 is 0 Å². The normalized spacial score (nSPS) is 28.3. The lowest BCUT2D eigenvalue weighted by Crippen LogP contribution is -2.40. The maximum absolute atomic E-state index is 13.9. The Kier molecular flexibility index (Phi) is 5.65. The van der Waals surface area contributed by atoms with Crippen molar-refractivity contribution >= 4 is 11.5 Å². The summed E-state index contributed by atoms with van der Waals surface area (Å²) in [6.45, 7) is 4.68. The van der Waals surface area contributed by atoms with Crippen LogP contribution in [0.15, 0.2) is 42.7 Å². The number of aromatic nitrogens is 1. The number of hydrogen-bond acceptors (Lipinski definition) is 3. The van der Waals surface area contributed by atoms with Gasteiger partial charge in [0.25, 0.3) is 0 Å². The highest BCUT2D eigenvalue weighted by Gasteiger charge is 2.51. The van der Waals surface area contributed by atoms with Crippen molar-refractivity contribution in [2.45, 2.75) is 64.7 Å². The summed E-state index contributed by atoms with van der Waals surface area (Å²) in [6, 6.07) is 8.52. The van der Waals surface area contributed by atoms with Crippen LogP contribution in [0.4, 0.5) is 4.39 Å². The van der Waals surface area contributed by atoms with E-state index in [-0.39, 0.29) is 17.2 Å². The van der Waals surface area contributed by atoms with E-state index in [1.807, 2.05) is 13.1 Å². The average molecular weight is 434 g/mol. The molecule has 1 saturated carbocycles. The van der Waals surface area contributed by atoms with E-state index in [0.717, 1.165) is 31.2 Å². The van der Waals surface area contributed by atoms with Crippen molar-refractivity contribution in [3.8, 4) is 0 Å². The number of carbonyl (C=O) groups excluding carboxylic acids is 1. The third-order valence-electron chi connectivity index (χ3n) is 8.31. The number of carbonyl (C=O) groups is 1. The second-order valence-corrected chi connectivity index (χ2v) is 9.96. The zero-order chi connectivity index (χ0) is 22.3. The van der Waals surface area contributed by atoms with Crippen LogP contribution in [-0.2, 0) is 22.4 Å². The van der Waals surface area contributed by atoms with Gasteiger partial charge in [-0.15, -0.1) is 0 Å². The van der Waals surface area contributed by atoms with Gasteiger partial charge in [0.1, 0.15) is 5.82 Å². The topological polar surface area (TPSA) is 39.2 Å². The first-order valence-electron chi connectivity index (χ1n) is 12.1. The number of rotatable bonds is 5. The van der Waals surface area contributed by atoms with Crippen LogP contribution in [0.25, 0.3) is 5.57 Å².